The summed E-state index contributed by atoms with van der Waals surface area (Å²) in [7, 11) is 0. The number of aromatic nitrogens is 1. The number of aromatic hydroxyl groups is 2. The first-order valence-electron chi connectivity index (χ1n) is 5.31. The standard InChI is InChI=1S/C14H11NO3/c16-12-5-3-10(14(18)8-12)4-6-13(17)11-2-1-7-15-9-11/h1-9,16,18H/b6-4+. The normalized spacial score (nSPS) is 10.7. The highest BCUT2D eigenvalue weighted by atomic mass is 16.3. The summed E-state index contributed by atoms with van der Waals surface area (Å²) in [5.41, 5.74) is 0.942. The van der Waals surface area contributed by atoms with Crippen LogP contribution in [0.2, 0.25) is 0 Å². The van der Waals surface area contributed by atoms with Crippen LogP contribution in [0.1, 0.15) is 15.9 Å². The molecule has 4 heteroatoms. The van der Waals surface area contributed by atoms with Crippen LogP contribution in [-0.2, 0) is 0 Å². The number of hydrogen-bond acceptors (Lipinski definition) is 4. The summed E-state index contributed by atoms with van der Waals surface area (Å²) in [5.74, 6) is -0.302. The van der Waals surface area contributed by atoms with Crippen molar-refractivity contribution in [3.8, 4) is 11.5 Å². The topological polar surface area (TPSA) is 70.4 Å². The molecule has 2 N–H and O–H groups in total. The summed E-state index contributed by atoms with van der Waals surface area (Å²) >= 11 is 0. The summed E-state index contributed by atoms with van der Waals surface area (Å²) in [6.45, 7) is 0. The smallest absolute Gasteiger partial charge is 0.187 e. The van der Waals surface area contributed by atoms with Crippen LogP contribution in [0.25, 0.3) is 6.08 Å². The van der Waals surface area contributed by atoms with Crippen LogP contribution < -0.4 is 0 Å². The van der Waals surface area contributed by atoms with Gasteiger partial charge in [-0.2, -0.15) is 0 Å². The average molecular weight is 241 g/mol. The van der Waals surface area contributed by atoms with Crippen molar-refractivity contribution in [2.24, 2.45) is 0 Å². The highest BCUT2D eigenvalue weighted by molar-refractivity contribution is 6.06. The second-order valence-electron chi connectivity index (χ2n) is 3.68. The maximum absolute atomic E-state index is 11.7. The van der Waals surface area contributed by atoms with Crippen LogP contribution in [0.5, 0.6) is 11.5 Å². The van der Waals surface area contributed by atoms with Crippen molar-refractivity contribution in [3.63, 3.8) is 0 Å². The molecule has 90 valence electrons. The zero-order valence-electron chi connectivity index (χ0n) is 9.45. The van der Waals surface area contributed by atoms with E-state index in [4.69, 9.17) is 5.11 Å². The van der Waals surface area contributed by atoms with Gasteiger partial charge in [-0.25, -0.2) is 0 Å². The maximum atomic E-state index is 11.7. The molecule has 0 unspecified atom stereocenters. The fourth-order valence-corrected chi connectivity index (χ4v) is 1.44. The molecule has 18 heavy (non-hydrogen) atoms. The fraction of sp³-hybridized carbons (Fsp3) is 0. The van der Waals surface area contributed by atoms with Gasteiger partial charge in [0.2, 0.25) is 0 Å². The number of hydrogen-bond donors (Lipinski definition) is 2. The predicted octanol–water partition coefficient (Wildman–Crippen LogP) is 2.39. The molecule has 0 radical (unpaired) electrons. The van der Waals surface area contributed by atoms with Gasteiger partial charge in [0.15, 0.2) is 5.78 Å². The van der Waals surface area contributed by atoms with Gasteiger partial charge in [-0.3, -0.25) is 9.78 Å². The zero-order valence-corrected chi connectivity index (χ0v) is 9.45. The number of phenols is 2. The Hall–Kier alpha value is -2.62. The summed E-state index contributed by atoms with van der Waals surface area (Å²) in [4.78, 5) is 15.6. The molecule has 0 atom stereocenters. The number of carbonyl (C=O) groups is 1. The molecule has 0 aliphatic carbocycles. The van der Waals surface area contributed by atoms with Gasteiger partial charge in [-0.1, -0.05) is 0 Å². The Morgan fingerprint density at radius 1 is 1.22 bits per heavy atom. The van der Waals surface area contributed by atoms with E-state index in [9.17, 15) is 9.90 Å². The van der Waals surface area contributed by atoms with Crippen molar-refractivity contribution in [3.05, 3.63) is 59.9 Å². The highest BCUT2D eigenvalue weighted by Gasteiger charge is 2.02. The fourth-order valence-electron chi connectivity index (χ4n) is 1.44. The molecule has 1 aromatic carbocycles. The van der Waals surface area contributed by atoms with E-state index in [1.165, 1.54) is 36.5 Å². The van der Waals surface area contributed by atoms with E-state index >= 15 is 0 Å². The minimum atomic E-state index is -0.199. The van der Waals surface area contributed by atoms with Gasteiger partial charge >= 0.3 is 0 Å². The molecule has 0 bridgehead atoms. The van der Waals surface area contributed by atoms with Gasteiger partial charge in [0, 0.05) is 29.6 Å². The largest absolute Gasteiger partial charge is 0.508 e. The van der Waals surface area contributed by atoms with E-state index in [-0.39, 0.29) is 17.3 Å². The van der Waals surface area contributed by atoms with Gasteiger partial charge in [-0.15, -0.1) is 0 Å². The lowest BCUT2D eigenvalue weighted by Crippen LogP contribution is -1.94. The highest BCUT2D eigenvalue weighted by Crippen LogP contribution is 2.23. The van der Waals surface area contributed by atoms with Gasteiger partial charge in [0.1, 0.15) is 11.5 Å². The molecule has 4 nitrogen and oxygen atoms in total. The zero-order chi connectivity index (χ0) is 13.0. The molecular weight excluding hydrogens is 230 g/mol. The van der Waals surface area contributed by atoms with E-state index in [0.29, 0.717) is 11.1 Å². The molecule has 0 saturated carbocycles. The molecule has 1 heterocycles. The number of pyridine rings is 1. The minimum absolute atomic E-state index is 0.0248. The molecule has 2 aromatic rings. The van der Waals surface area contributed by atoms with E-state index in [1.54, 1.807) is 18.3 Å². The number of carbonyl (C=O) groups excluding carboxylic acids is 1. The Balaban J connectivity index is 2.19. The van der Waals surface area contributed by atoms with E-state index < -0.39 is 0 Å². The van der Waals surface area contributed by atoms with Crippen LogP contribution in [0.3, 0.4) is 0 Å². The summed E-state index contributed by atoms with van der Waals surface area (Å²) in [5, 5.41) is 18.7. The summed E-state index contributed by atoms with van der Waals surface area (Å²) in [6.07, 6.45) is 5.91. The van der Waals surface area contributed by atoms with Crippen LogP contribution >= 0.6 is 0 Å². The lowest BCUT2D eigenvalue weighted by atomic mass is 10.1. The van der Waals surface area contributed by atoms with Crippen LogP contribution in [0, 0.1) is 0 Å². The Morgan fingerprint density at radius 3 is 2.72 bits per heavy atom. The molecule has 1 aromatic heterocycles. The van der Waals surface area contributed by atoms with Gasteiger partial charge in [0.25, 0.3) is 0 Å². The van der Waals surface area contributed by atoms with Crippen LogP contribution in [0.4, 0.5) is 0 Å². The predicted molar refractivity (Wildman–Crippen MR) is 67.4 cm³/mol. The Morgan fingerprint density at radius 2 is 2.06 bits per heavy atom. The van der Waals surface area contributed by atoms with Crippen molar-refractivity contribution in [2.75, 3.05) is 0 Å². The molecule has 2 rings (SSSR count). The third kappa shape index (κ3) is 2.74. The quantitative estimate of drug-likeness (QED) is 0.639. The van der Waals surface area contributed by atoms with Gasteiger partial charge < -0.3 is 10.2 Å². The first-order chi connectivity index (χ1) is 8.66. The first kappa shape index (κ1) is 11.9. The third-order valence-electron chi connectivity index (χ3n) is 2.37. The van der Waals surface area contributed by atoms with E-state index in [1.807, 2.05) is 0 Å². The third-order valence-corrected chi connectivity index (χ3v) is 2.37. The average Bonchev–Trinajstić information content (AvgIpc) is 2.38. The molecular formula is C14H11NO3. The summed E-state index contributed by atoms with van der Waals surface area (Å²) in [6, 6.07) is 7.52. The van der Waals surface area contributed by atoms with Crippen LogP contribution in [0.15, 0.2) is 48.8 Å². The number of phenolic OH excluding ortho intramolecular Hbond substituents is 2. The second-order valence-corrected chi connectivity index (χ2v) is 3.68. The SMILES string of the molecule is O=C(/C=C/c1ccc(O)cc1O)c1cccnc1. The lowest BCUT2D eigenvalue weighted by molar-refractivity contribution is 0.104. The van der Waals surface area contributed by atoms with Crippen molar-refractivity contribution >= 4 is 11.9 Å². The van der Waals surface area contributed by atoms with Crippen LogP contribution in [-0.4, -0.2) is 21.0 Å². The lowest BCUT2D eigenvalue weighted by Gasteiger charge is -1.99. The van der Waals surface area contributed by atoms with Gasteiger partial charge in [-0.05, 0) is 36.4 Å². The number of nitrogens with zero attached hydrogens (tertiary/aromatic N) is 1. The Kier molecular flexibility index (Phi) is 3.38. The van der Waals surface area contributed by atoms with E-state index in [2.05, 4.69) is 4.98 Å². The Bertz CT molecular complexity index is 591. The number of rotatable bonds is 3. The van der Waals surface area contributed by atoms with Crippen molar-refractivity contribution in [1.29, 1.82) is 0 Å². The number of benzene rings is 1. The van der Waals surface area contributed by atoms with Crippen molar-refractivity contribution in [1.82, 2.24) is 4.98 Å². The van der Waals surface area contributed by atoms with Crippen molar-refractivity contribution < 1.29 is 15.0 Å². The maximum Gasteiger partial charge on any atom is 0.187 e. The molecule has 0 spiro atoms. The van der Waals surface area contributed by atoms with Crippen molar-refractivity contribution in [2.45, 2.75) is 0 Å². The molecule has 0 amide bonds. The molecule has 0 aliphatic heterocycles. The van der Waals surface area contributed by atoms with Gasteiger partial charge in [0.05, 0.1) is 0 Å². The minimum Gasteiger partial charge on any atom is -0.508 e. The molecule has 0 aliphatic rings. The molecule has 0 saturated heterocycles. The number of ketones is 1. The summed E-state index contributed by atoms with van der Waals surface area (Å²) < 4.78 is 0. The monoisotopic (exact) mass is 241 g/mol. The second kappa shape index (κ2) is 5.14. The van der Waals surface area contributed by atoms with E-state index in [0.717, 1.165) is 0 Å². The molecule has 0 fully saturated rings. The number of allylic oxidation sites excluding steroid dienone is 1. The Labute approximate surface area is 104 Å². The first-order valence-corrected chi connectivity index (χ1v) is 5.31.